The highest BCUT2D eigenvalue weighted by molar-refractivity contribution is 4.65. The van der Waals surface area contributed by atoms with Crippen molar-refractivity contribution in [3.8, 4) is 0 Å². The van der Waals surface area contributed by atoms with E-state index in [9.17, 15) is 0 Å². The van der Waals surface area contributed by atoms with Crippen LogP contribution in [0.2, 0.25) is 0 Å². The van der Waals surface area contributed by atoms with Crippen LogP contribution in [0.1, 0.15) is 80.1 Å². The smallest absolute Gasteiger partial charge is 0.0438 e. The molecule has 0 rings (SSSR count). The summed E-state index contributed by atoms with van der Waals surface area (Å²) >= 11 is 0. The molecule has 0 aromatic heterocycles. The first kappa shape index (κ1) is 16.0. The van der Waals surface area contributed by atoms with Crippen LogP contribution in [0.25, 0.3) is 0 Å². The lowest BCUT2D eigenvalue weighted by molar-refractivity contribution is 0.299. The van der Waals surface area contributed by atoms with Crippen molar-refractivity contribution in [2.45, 2.75) is 80.1 Å². The second-order valence-corrected chi connectivity index (χ2v) is 6.32. The summed E-state index contributed by atoms with van der Waals surface area (Å²) < 4.78 is 0. The lowest BCUT2D eigenvalue weighted by Crippen LogP contribution is -2.10. The van der Waals surface area contributed by atoms with Gasteiger partial charge >= 0.3 is 0 Å². The largest absolute Gasteiger partial charge is 0.0654 e. The molecular weight excluding hydrogens is 192 g/mol. The van der Waals surface area contributed by atoms with Gasteiger partial charge in [-0.15, -0.1) is 0 Å². The summed E-state index contributed by atoms with van der Waals surface area (Å²) in [5.41, 5.74) is 0. The molecule has 16 heavy (non-hydrogen) atoms. The second-order valence-electron chi connectivity index (χ2n) is 6.32. The minimum Gasteiger partial charge on any atom is -0.0654 e. The second kappa shape index (κ2) is 9.07. The number of rotatable bonds is 9. The molecule has 0 radical (unpaired) electrons. The molecule has 0 aliphatic rings. The average molecular weight is 226 g/mol. The summed E-state index contributed by atoms with van der Waals surface area (Å²) in [7, 11) is 0. The predicted octanol–water partition coefficient (Wildman–Crippen LogP) is 5.91. The Morgan fingerprint density at radius 2 is 1.06 bits per heavy atom. The summed E-state index contributed by atoms with van der Waals surface area (Å²) in [6.45, 7) is 14.3. The molecule has 0 aliphatic carbocycles. The molecule has 0 aliphatic heterocycles. The van der Waals surface area contributed by atoms with Crippen LogP contribution in [0.15, 0.2) is 0 Å². The van der Waals surface area contributed by atoms with Crippen molar-refractivity contribution in [3.63, 3.8) is 0 Å². The molecule has 0 N–H and O–H groups in total. The van der Waals surface area contributed by atoms with Gasteiger partial charge in [0.15, 0.2) is 0 Å². The van der Waals surface area contributed by atoms with Gasteiger partial charge < -0.3 is 0 Å². The Morgan fingerprint density at radius 1 is 0.625 bits per heavy atom. The Hall–Kier alpha value is 0. The molecule has 0 saturated heterocycles. The number of hydrogen-bond acceptors (Lipinski definition) is 0. The van der Waals surface area contributed by atoms with Crippen molar-refractivity contribution in [1.82, 2.24) is 0 Å². The highest BCUT2D eigenvalue weighted by Gasteiger charge is 2.13. The molecular formula is C16H34. The van der Waals surface area contributed by atoms with Crippen LogP contribution in [0, 0.1) is 23.7 Å². The molecule has 4 unspecified atom stereocenters. The van der Waals surface area contributed by atoms with Crippen LogP contribution in [-0.4, -0.2) is 0 Å². The summed E-state index contributed by atoms with van der Waals surface area (Å²) in [6, 6.07) is 0. The SMILES string of the molecule is CCCC(C)CC(C)CC(C)CC(C)CC. The van der Waals surface area contributed by atoms with Crippen molar-refractivity contribution in [2.24, 2.45) is 23.7 Å². The highest BCUT2D eigenvalue weighted by atomic mass is 14.2. The zero-order chi connectivity index (χ0) is 12.6. The molecule has 4 atom stereocenters. The predicted molar refractivity (Wildman–Crippen MR) is 75.7 cm³/mol. The highest BCUT2D eigenvalue weighted by Crippen LogP contribution is 2.26. The van der Waals surface area contributed by atoms with Crippen LogP contribution in [0.5, 0.6) is 0 Å². The Balaban J connectivity index is 3.72. The first-order valence-corrected chi connectivity index (χ1v) is 7.49. The lowest BCUT2D eigenvalue weighted by Gasteiger charge is -2.22. The fraction of sp³-hybridized carbons (Fsp3) is 1.00. The van der Waals surface area contributed by atoms with E-state index in [1.807, 2.05) is 0 Å². The molecule has 0 bridgehead atoms. The molecule has 0 nitrogen and oxygen atoms in total. The van der Waals surface area contributed by atoms with Crippen molar-refractivity contribution >= 4 is 0 Å². The maximum Gasteiger partial charge on any atom is -0.0438 e. The summed E-state index contributed by atoms with van der Waals surface area (Å²) in [5.74, 6) is 3.67. The van der Waals surface area contributed by atoms with Crippen molar-refractivity contribution in [3.05, 3.63) is 0 Å². The van der Waals surface area contributed by atoms with E-state index in [0.717, 1.165) is 23.7 Å². The van der Waals surface area contributed by atoms with Gasteiger partial charge in [0.25, 0.3) is 0 Å². The third-order valence-corrected chi connectivity index (χ3v) is 3.89. The maximum atomic E-state index is 2.44. The Labute approximate surface area is 104 Å². The molecule has 0 aromatic rings. The van der Waals surface area contributed by atoms with Crippen molar-refractivity contribution in [1.29, 1.82) is 0 Å². The molecule has 0 fully saturated rings. The van der Waals surface area contributed by atoms with E-state index in [1.165, 1.54) is 38.5 Å². The summed E-state index contributed by atoms with van der Waals surface area (Å²) in [5, 5.41) is 0. The van der Waals surface area contributed by atoms with E-state index in [0.29, 0.717) is 0 Å². The topological polar surface area (TPSA) is 0 Å². The van der Waals surface area contributed by atoms with E-state index in [1.54, 1.807) is 0 Å². The lowest BCUT2D eigenvalue weighted by atomic mass is 9.84. The molecule has 0 heteroatoms. The van der Waals surface area contributed by atoms with Crippen LogP contribution >= 0.6 is 0 Å². The normalized spacial score (nSPS) is 19.1. The van der Waals surface area contributed by atoms with Crippen LogP contribution < -0.4 is 0 Å². The molecule has 0 aromatic carbocycles. The van der Waals surface area contributed by atoms with Crippen LogP contribution in [-0.2, 0) is 0 Å². The monoisotopic (exact) mass is 226 g/mol. The third-order valence-electron chi connectivity index (χ3n) is 3.89. The molecule has 0 amide bonds. The standard InChI is InChI=1S/C16H34/c1-7-9-14(4)11-16(6)12-15(5)10-13(3)8-2/h13-16H,7-12H2,1-6H3. The fourth-order valence-corrected chi connectivity index (χ4v) is 3.03. The van der Waals surface area contributed by atoms with Gasteiger partial charge in [-0.2, -0.15) is 0 Å². The molecule has 0 saturated carbocycles. The van der Waals surface area contributed by atoms with Gasteiger partial charge in [-0.25, -0.2) is 0 Å². The van der Waals surface area contributed by atoms with E-state index >= 15 is 0 Å². The Kier molecular flexibility index (Phi) is 9.07. The first-order valence-electron chi connectivity index (χ1n) is 7.49. The molecule has 98 valence electrons. The quantitative estimate of drug-likeness (QED) is 0.458. The Bertz CT molecular complexity index is 150. The van der Waals surface area contributed by atoms with Gasteiger partial charge in [-0.05, 0) is 42.9 Å². The first-order chi connectivity index (χ1) is 7.49. The zero-order valence-corrected chi connectivity index (χ0v) is 12.6. The fourth-order valence-electron chi connectivity index (χ4n) is 3.03. The minimum atomic E-state index is 0.912. The molecule has 0 spiro atoms. The van der Waals surface area contributed by atoms with E-state index in [2.05, 4.69) is 41.5 Å². The van der Waals surface area contributed by atoms with Gasteiger partial charge in [-0.3, -0.25) is 0 Å². The van der Waals surface area contributed by atoms with Crippen LogP contribution in [0.4, 0.5) is 0 Å². The van der Waals surface area contributed by atoms with E-state index in [4.69, 9.17) is 0 Å². The van der Waals surface area contributed by atoms with E-state index < -0.39 is 0 Å². The summed E-state index contributed by atoms with van der Waals surface area (Å²) in [4.78, 5) is 0. The maximum absolute atomic E-state index is 2.44. The van der Waals surface area contributed by atoms with Crippen LogP contribution in [0.3, 0.4) is 0 Å². The van der Waals surface area contributed by atoms with Gasteiger partial charge in [0.05, 0.1) is 0 Å². The van der Waals surface area contributed by atoms with Gasteiger partial charge in [0.1, 0.15) is 0 Å². The third kappa shape index (κ3) is 8.19. The Morgan fingerprint density at radius 3 is 1.50 bits per heavy atom. The van der Waals surface area contributed by atoms with Gasteiger partial charge in [-0.1, -0.05) is 60.8 Å². The minimum absolute atomic E-state index is 0.912. The van der Waals surface area contributed by atoms with Gasteiger partial charge in [0, 0.05) is 0 Å². The summed E-state index contributed by atoms with van der Waals surface area (Å²) in [6.07, 6.45) is 8.37. The molecule has 0 heterocycles. The van der Waals surface area contributed by atoms with E-state index in [-0.39, 0.29) is 0 Å². The average Bonchev–Trinajstić information content (AvgIpc) is 2.16. The number of hydrogen-bond donors (Lipinski definition) is 0. The van der Waals surface area contributed by atoms with Crippen molar-refractivity contribution in [2.75, 3.05) is 0 Å². The zero-order valence-electron chi connectivity index (χ0n) is 12.6. The van der Waals surface area contributed by atoms with Gasteiger partial charge in [0.2, 0.25) is 0 Å². The van der Waals surface area contributed by atoms with Crippen molar-refractivity contribution < 1.29 is 0 Å².